The second-order valence-electron chi connectivity index (χ2n) is 4.34. The van der Waals surface area contributed by atoms with Crippen LogP contribution in [0.2, 0.25) is 0 Å². The zero-order valence-corrected chi connectivity index (χ0v) is 10.3. The second kappa shape index (κ2) is 5.60. The van der Waals surface area contributed by atoms with E-state index in [1.165, 1.54) is 24.3 Å². The maximum absolute atomic E-state index is 13.6. The van der Waals surface area contributed by atoms with Crippen molar-refractivity contribution in [3.8, 4) is 0 Å². The van der Waals surface area contributed by atoms with Gasteiger partial charge in [-0.05, 0) is 12.1 Å². The van der Waals surface area contributed by atoms with Crippen molar-refractivity contribution in [2.24, 2.45) is 11.5 Å². The Labute approximate surface area is 113 Å². The molecule has 6 heteroatoms. The molecule has 0 radical (unpaired) electrons. The second-order valence-corrected chi connectivity index (χ2v) is 4.34. The Morgan fingerprint density at radius 3 is 1.35 bits per heavy atom. The molecule has 4 N–H and O–H groups in total. The minimum absolute atomic E-state index is 0.193. The fourth-order valence-electron chi connectivity index (χ4n) is 1.94. The van der Waals surface area contributed by atoms with Crippen LogP contribution in [0.1, 0.15) is 23.2 Å². The highest BCUT2D eigenvalue weighted by Crippen LogP contribution is 2.29. The smallest absolute Gasteiger partial charge is 0.163 e. The molecule has 106 valence electrons. The molecule has 2 aromatic rings. The Kier molecular flexibility index (Phi) is 4.06. The Bertz CT molecular complexity index is 575. The van der Waals surface area contributed by atoms with Crippen molar-refractivity contribution in [1.29, 1.82) is 0 Å². The predicted octanol–water partition coefficient (Wildman–Crippen LogP) is 2.94. The van der Waals surface area contributed by atoms with Gasteiger partial charge in [0.2, 0.25) is 0 Å². The standard InChI is InChI=1S/C14H12F4N2/c15-9-5-1-3-7(11(9)17)13(19)14(20)8-4-2-6-10(16)12(8)18/h1-6,13-14H,19-20H2/t13-,14-/m1/s1. The lowest BCUT2D eigenvalue weighted by atomic mass is 9.94. The maximum atomic E-state index is 13.6. The van der Waals surface area contributed by atoms with Gasteiger partial charge in [0.1, 0.15) is 0 Å². The Hall–Kier alpha value is -1.92. The first-order chi connectivity index (χ1) is 9.43. The summed E-state index contributed by atoms with van der Waals surface area (Å²) in [5, 5.41) is 0. The van der Waals surface area contributed by atoms with Crippen LogP contribution in [0.3, 0.4) is 0 Å². The summed E-state index contributed by atoms with van der Waals surface area (Å²) in [7, 11) is 0. The molecule has 0 saturated carbocycles. The van der Waals surface area contributed by atoms with E-state index in [9.17, 15) is 17.6 Å². The lowest BCUT2D eigenvalue weighted by molar-refractivity contribution is 0.451. The van der Waals surface area contributed by atoms with Gasteiger partial charge in [-0.25, -0.2) is 17.6 Å². The molecule has 20 heavy (non-hydrogen) atoms. The average molecular weight is 284 g/mol. The molecule has 2 atom stereocenters. The third kappa shape index (κ3) is 2.52. The van der Waals surface area contributed by atoms with Crippen LogP contribution < -0.4 is 11.5 Å². The molecule has 0 unspecified atom stereocenters. The van der Waals surface area contributed by atoms with Crippen molar-refractivity contribution >= 4 is 0 Å². The molecule has 0 spiro atoms. The van der Waals surface area contributed by atoms with Crippen LogP contribution in [0.15, 0.2) is 36.4 Å². The van der Waals surface area contributed by atoms with E-state index in [1.807, 2.05) is 0 Å². The minimum Gasteiger partial charge on any atom is -0.322 e. The van der Waals surface area contributed by atoms with Gasteiger partial charge < -0.3 is 11.5 Å². The molecule has 0 bridgehead atoms. The highest BCUT2D eigenvalue weighted by atomic mass is 19.2. The van der Waals surface area contributed by atoms with Gasteiger partial charge in [-0.3, -0.25) is 0 Å². The monoisotopic (exact) mass is 284 g/mol. The zero-order valence-electron chi connectivity index (χ0n) is 10.3. The molecule has 0 saturated heterocycles. The fraction of sp³-hybridized carbons (Fsp3) is 0.143. The first-order valence-electron chi connectivity index (χ1n) is 5.82. The molecule has 0 aliphatic carbocycles. The number of hydrogen-bond donors (Lipinski definition) is 2. The van der Waals surface area contributed by atoms with Crippen molar-refractivity contribution < 1.29 is 17.6 Å². The number of hydrogen-bond acceptors (Lipinski definition) is 2. The first-order valence-corrected chi connectivity index (χ1v) is 5.82. The molecule has 0 aliphatic heterocycles. The van der Waals surface area contributed by atoms with Crippen LogP contribution in [0.4, 0.5) is 17.6 Å². The topological polar surface area (TPSA) is 52.0 Å². The molecule has 0 aromatic heterocycles. The van der Waals surface area contributed by atoms with Crippen molar-refractivity contribution in [2.45, 2.75) is 12.1 Å². The summed E-state index contributed by atoms with van der Waals surface area (Å²) in [6.07, 6.45) is 0. The summed E-state index contributed by atoms with van der Waals surface area (Å²) >= 11 is 0. The van der Waals surface area contributed by atoms with Gasteiger partial charge in [0.25, 0.3) is 0 Å². The summed E-state index contributed by atoms with van der Waals surface area (Å²) in [6.45, 7) is 0. The SMILES string of the molecule is N[C@H](c1cccc(F)c1F)[C@H](N)c1cccc(F)c1F. The summed E-state index contributed by atoms with van der Waals surface area (Å²) in [5.41, 5.74) is 11.1. The van der Waals surface area contributed by atoms with E-state index in [4.69, 9.17) is 11.5 Å². The fourth-order valence-corrected chi connectivity index (χ4v) is 1.94. The molecule has 2 aromatic carbocycles. The van der Waals surface area contributed by atoms with Gasteiger partial charge in [-0.15, -0.1) is 0 Å². The number of halogens is 4. The van der Waals surface area contributed by atoms with Gasteiger partial charge in [0.05, 0.1) is 12.1 Å². The average Bonchev–Trinajstić information content (AvgIpc) is 2.43. The third-order valence-electron chi connectivity index (χ3n) is 3.07. The van der Waals surface area contributed by atoms with Crippen molar-refractivity contribution in [3.05, 3.63) is 70.8 Å². The maximum Gasteiger partial charge on any atom is 0.163 e. The van der Waals surface area contributed by atoms with Gasteiger partial charge in [0, 0.05) is 11.1 Å². The van der Waals surface area contributed by atoms with E-state index in [2.05, 4.69) is 0 Å². The lowest BCUT2D eigenvalue weighted by Crippen LogP contribution is -2.28. The third-order valence-corrected chi connectivity index (χ3v) is 3.07. The van der Waals surface area contributed by atoms with Crippen molar-refractivity contribution in [1.82, 2.24) is 0 Å². The molecule has 0 heterocycles. The lowest BCUT2D eigenvalue weighted by Gasteiger charge is -2.21. The quantitative estimate of drug-likeness (QED) is 0.851. The minimum atomic E-state index is -1.21. The van der Waals surface area contributed by atoms with Crippen LogP contribution in [-0.4, -0.2) is 0 Å². The summed E-state index contributed by atoms with van der Waals surface area (Å²) in [5.74, 6) is -4.45. The summed E-state index contributed by atoms with van der Waals surface area (Å²) < 4.78 is 53.5. The van der Waals surface area contributed by atoms with Crippen LogP contribution >= 0.6 is 0 Å². The first kappa shape index (κ1) is 14.5. The van der Waals surface area contributed by atoms with Gasteiger partial charge in [-0.1, -0.05) is 24.3 Å². The van der Waals surface area contributed by atoms with E-state index < -0.39 is 35.4 Å². The normalized spacial score (nSPS) is 14.1. The predicted molar refractivity (Wildman–Crippen MR) is 66.6 cm³/mol. The van der Waals surface area contributed by atoms with E-state index in [0.717, 1.165) is 12.1 Å². The Morgan fingerprint density at radius 1 is 0.650 bits per heavy atom. The van der Waals surface area contributed by atoms with E-state index >= 15 is 0 Å². The Morgan fingerprint density at radius 2 is 1.00 bits per heavy atom. The van der Waals surface area contributed by atoms with Crippen LogP contribution in [0, 0.1) is 23.3 Å². The number of rotatable bonds is 3. The summed E-state index contributed by atoms with van der Waals surface area (Å²) in [4.78, 5) is 0. The zero-order chi connectivity index (χ0) is 14.9. The van der Waals surface area contributed by atoms with Crippen LogP contribution in [0.5, 0.6) is 0 Å². The highest BCUT2D eigenvalue weighted by Gasteiger charge is 2.25. The van der Waals surface area contributed by atoms with Gasteiger partial charge in [0.15, 0.2) is 23.3 Å². The molecular weight excluding hydrogens is 272 g/mol. The number of nitrogens with two attached hydrogens (primary N) is 2. The van der Waals surface area contributed by atoms with Gasteiger partial charge in [-0.2, -0.15) is 0 Å². The largest absolute Gasteiger partial charge is 0.322 e. The number of benzene rings is 2. The van der Waals surface area contributed by atoms with E-state index in [0.29, 0.717) is 0 Å². The Balaban J connectivity index is 2.40. The molecule has 0 fully saturated rings. The van der Waals surface area contributed by atoms with E-state index in [1.54, 1.807) is 0 Å². The van der Waals surface area contributed by atoms with Gasteiger partial charge >= 0.3 is 0 Å². The molecular formula is C14H12F4N2. The summed E-state index contributed by atoms with van der Waals surface area (Å²) in [6, 6.07) is 4.48. The molecule has 0 amide bonds. The van der Waals surface area contributed by atoms with Crippen molar-refractivity contribution in [2.75, 3.05) is 0 Å². The highest BCUT2D eigenvalue weighted by molar-refractivity contribution is 5.29. The molecule has 2 rings (SSSR count). The molecule has 2 nitrogen and oxygen atoms in total. The molecule has 0 aliphatic rings. The van der Waals surface area contributed by atoms with Crippen LogP contribution in [0.25, 0.3) is 0 Å². The van der Waals surface area contributed by atoms with E-state index in [-0.39, 0.29) is 11.1 Å². The van der Waals surface area contributed by atoms with Crippen LogP contribution in [-0.2, 0) is 0 Å². The van der Waals surface area contributed by atoms with Crippen molar-refractivity contribution in [3.63, 3.8) is 0 Å².